The van der Waals surface area contributed by atoms with E-state index in [4.69, 9.17) is 13.9 Å². The smallest absolute Gasteiger partial charge is 0.347 e. The molecule has 0 aliphatic heterocycles. The van der Waals surface area contributed by atoms with Crippen LogP contribution in [0.2, 0.25) is 0 Å². The summed E-state index contributed by atoms with van der Waals surface area (Å²) < 4.78 is 15.4. The second-order valence-electron chi connectivity index (χ2n) is 4.97. The molecule has 0 fully saturated rings. The van der Waals surface area contributed by atoms with Crippen LogP contribution in [0.4, 0.5) is 0 Å². The third kappa shape index (κ3) is 4.06. The number of carbonyl (C=O) groups excluding carboxylic acids is 2. The summed E-state index contributed by atoms with van der Waals surface area (Å²) in [7, 11) is 0. The number of benzene rings is 1. The Morgan fingerprint density at radius 2 is 1.91 bits per heavy atom. The summed E-state index contributed by atoms with van der Waals surface area (Å²) in [5, 5.41) is 0.621. The first-order chi connectivity index (χ1) is 10.9. The molecule has 1 heterocycles. The zero-order valence-corrected chi connectivity index (χ0v) is 12.9. The van der Waals surface area contributed by atoms with E-state index in [0.29, 0.717) is 22.3 Å². The van der Waals surface area contributed by atoms with Crippen molar-refractivity contribution in [2.75, 3.05) is 13.2 Å². The van der Waals surface area contributed by atoms with E-state index in [9.17, 15) is 14.4 Å². The van der Waals surface area contributed by atoms with Gasteiger partial charge in [0.1, 0.15) is 30.1 Å². The molecule has 0 atom stereocenters. The number of carbonyl (C=O) groups is 2. The van der Waals surface area contributed by atoms with Crippen molar-refractivity contribution in [2.24, 2.45) is 0 Å². The summed E-state index contributed by atoms with van der Waals surface area (Å²) in [6.45, 7) is 6.57. The van der Waals surface area contributed by atoms with Gasteiger partial charge in [-0.2, -0.15) is 0 Å². The van der Waals surface area contributed by atoms with Gasteiger partial charge in [-0.15, -0.1) is 0 Å². The molecule has 0 aliphatic carbocycles. The van der Waals surface area contributed by atoms with Gasteiger partial charge >= 0.3 is 11.6 Å². The van der Waals surface area contributed by atoms with Gasteiger partial charge in [0.25, 0.3) is 0 Å². The summed E-state index contributed by atoms with van der Waals surface area (Å²) in [5.41, 5.74) is -0.0365. The van der Waals surface area contributed by atoms with Crippen LogP contribution in [0.1, 0.15) is 24.2 Å². The monoisotopic (exact) mass is 316 g/mol. The quantitative estimate of drug-likeness (QED) is 0.268. The minimum absolute atomic E-state index is 0.0119. The number of Topliss-reactive ketones (excluding diaryl/α,β-unsaturated/α-hetero) is 1. The normalized spacial score (nSPS) is 10.3. The lowest BCUT2D eigenvalue weighted by atomic mass is 10.1. The number of esters is 1. The van der Waals surface area contributed by atoms with E-state index in [0.717, 1.165) is 0 Å². The topological polar surface area (TPSA) is 82.8 Å². The van der Waals surface area contributed by atoms with Crippen LogP contribution in [-0.2, 0) is 9.53 Å². The highest BCUT2D eigenvalue weighted by Crippen LogP contribution is 2.20. The maximum Gasteiger partial charge on any atom is 0.347 e. The van der Waals surface area contributed by atoms with Gasteiger partial charge in [0.2, 0.25) is 0 Å². The Hall–Kier alpha value is -2.89. The van der Waals surface area contributed by atoms with E-state index in [1.54, 1.807) is 25.1 Å². The zero-order chi connectivity index (χ0) is 17.0. The number of rotatable bonds is 6. The summed E-state index contributed by atoms with van der Waals surface area (Å²) in [6, 6.07) is 6.38. The van der Waals surface area contributed by atoms with Gasteiger partial charge in [-0.1, -0.05) is 6.58 Å². The van der Waals surface area contributed by atoms with E-state index in [2.05, 4.69) is 6.58 Å². The Morgan fingerprint density at radius 3 is 2.57 bits per heavy atom. The van der Waals surface area contributed by atoms with Crippen molar-refractivity contribution in [3.63, 3.8) is 0 Å². The van der Waals surface area contributed by atoms with Crippen molar-refractivity contribution in [3.05, 3.63) is 52.4 Å². The van der Waals surface area contributed by atoms with Crippen molar-refractivity contribution in [2.45, 2.75) is 13.8 Å². The predicted molar refractivity (Wildman–Crippen MR) is 83.8 cm³/mol. The first kappa shape index (κ1) is 16.5. The molecule has 0 radical (unpaired) electrons. The molecule has 1 aromatic carbocycles. The molecule has 0 saturated heterocycles. The Morgan fingerprint density at radius 1 is 1.17 bits per heavy atom. The van der Waals surface area contributed by atoms with E-state index >= 15 is 0 Å². The van der Waals surface area contributed by atoms with Crippen LogP contribution in [0.3, 0.4) is 0 Å². The highest BCUT2D eigenvalue weighted by molar-refractivity contribution is 5.96. The fourth-order valence-electron chi connectivity index (χ4n) is 1.84. The van der Waals surface area contributed by atoms with Gasteiger partial charge in [-0.05, 0) is 32.0 Å². The third-order valence-corrected chi connectivity index (χ3v) is 3.02. The lowest BCUT2D eigenvalue weighted by Gasteiger charge is -2.08. The van der Waals surface area contributed by atoms with Crippen molar-refractivity contribution in [1.29, 1.82) is 0 Å². The highest BCUT2D eigenvalue weighted by atomic mass is 16.6. The van der Waals surface area contributed by atoms with Gasteiger partial charge in [0, 0.05) is 17.0 Å². The van der Waals surface area contributed by atoms with Crippen molar-refractivity contribution >= 4 is 22.7 Å². The lowest BCUT2D eigenvalue weighted by Crippen LogP contribution is -2.12. The van der Waals surface area contributed by atoms with E-state index < -0.39 is 11.6 Å². The second kappa shape index (κ2) is 6.91. The van der Waals surface area contributed by atoms with Crippen molar-refractivity contribution < 1.29 is 23.5 Å². The molecule has 0 saturated carbocycles. The highest BCUT2D eigenvalue weighted by Gasteiger charge is 2.10. The Kier molecular flexibility index (Phi) is 4.95. The minimum Gasteiger partial charge on any atom is -0.490 e. The van der Waals surface area contributed by atoms with Crippen LogP contribution in [-0.4, -0.2) is 25.0 Å². The van der Waals surface area contributed by atoms with Crippen molar-refractivity contribution in [1.82, 2.24) is 0 Å². The van der Waals surface area contributed by atoms with Crippen LogP contribution in [0.25, 0.3) is 11.0 Å². The standard InChI is InChI=1S/C17H16O6/c1-10(2)16(19)22-7-6-21-13-5-4-12-8-14(11(3)18)17(20)23-15(12)9-13/h4-5,8-9H,1,6-7H2,2-3H3. The number of fused-ring (bicyclic) bond motifs is 1. The first-order valence-electron chi connectivity index (χ1n) is 6.93. The van der Waals surface area contributed by atoms with Gasteiger partial charge in [-0.25, -0.2) is 9.59 Å². The molecular formula is C17H16O6. The zero-order valence-electron chi connectivity index (χ0n) is 12.9. The fraction of sp³-hybridized carbons (Fsp3) is 0.235. The molecule has 2 aromatic rings. The first-order valence-corrected chi connectivity index (χ1v) is 6.93. The molecule has 1 aromatic heterocycles. The SMILES string of the molecule is C=C(C)C(=O)OCCOc1ccc2cc(C(C)=O)c(=O)oc2c1. The third-order valence-electron chi connectivity index (χ3n) is 3.02. The number of ether oxygens (including phenoxy) is 2. The van der Waals surface area contributed by atoms with Crippen molar-refractivity contribution in [3.8, 4) is 5.75 Å². The molecule has 0 unspecified atom stereocenters. The van der Waals surface area contributed by atoms with Gasteiger partial charge < -0.3 is 13.9 Å². The van der Waals surface area contributed by atoms with E-state index in [-0.39, 0.29) is 24.6 Å². The second-order valence-corrected chi connectivity index (χ2v) is 4.97. The molecule has 0 amide bonds. The summed E-state index contributed by atoms with van der Waals surface area (Å²) >= 11 is 0. The van der Waals surface area contributed by atoms with Crippen LogP contribution in [0, 0.1) is 0 Å². The molecule has 0 bridgehead atoms. The Labute approximate surface area is 132 Å². The fourth-order valence-corrected chi connectivity index (χ4v) is 1.84. The van der Waals surface area contributed by atoms with Gasteiger partial charge in [-0.3, -0.25) is 4.79 Å². The molecule has 6 heteroatoms. The van der Waals surface area contributed by atoms with E-state index in [1.807, 2.05) is 0 Å². The van der Waals surface area contributed by atoms with Crippen LogP contribution < -0.4 is 10.4 Å². The molecule has 120 valence electrons. The number of ketones is 1. The molecule has 0 N–H and O–H groups in total. The summed E-state index contributed by atoms with van der Waals surface area (Å²) in [5.74, 6) is -0.363. The van der Waals surface area contributed by atoms with Crippen LogP contribution >= 0.6 is 0 Å². The van der Waals surface area contributed by atoms with Crippen LogP contribution in [0.5, 0.6) is 5.75 Å². The minimum atomic E-state index is -0.683. The number of hydrogen-bond donors (Lipinski definition) is 0. The lowest BCUT2D eigenvalue weighted by molar-refractivity contribution is -0.139. The maximum atomic E-state index is 11.7. The predicted octanol–water partition coefficient (Wildman–Crippen LogP) is 2.49. The molecular weight excluding hydrogens is 300 g/mol. The largest absolute Gasteiger partial charge is 0.490 e. The van der Waals surface area contributed by atoms with E-state index in [1.165, 1.54) is 13.0 Å². The maximum absolute atomic E-state index is 11.7. The average Bonchev–Trinajstić information content (AvgIpc) is 2.50. The van der Waals surface area contributed by atoms with Gasteiger partial charge in [0.15, 0.2) is 5.78 Å². The molecule has 6 nitrogen and oxygen atoms in total. The van der Waals surface area contributed by atoms with Crippen LogP contribution in [0.15, 0.2) is 45.6 Å². The average molecular weight is 316 g/mol. The summed E-state index contributed by atoms with van der Waals surface area (Å²) in [6.07, 6.45) is 0. The van der Waals surface area contributed by atoms with Gasteiger partial charge in [0.05, 0.1) is 0 Å². The molecule has 23 heavy (non-hydrogen) atoms. The molecule has 0 spiro atoms. The Bertz CT molecular complexity index is 831. The number of hydrogen-bond acceptors (Lipinski definition) is 6. The molecule has 0 aliphatic rings. The summed E-state index contributed by atoms with van der Waals surface area (Å²) in [4.78, 5) is 34.2. The Balaban J connectivity index is 2.07. The molecule has 2 rings (SSSR count).